The summed E-state index contributed by atoms with van der Waals surface area (Å²) in [5.74, 6) is -1.71. The number of benzene rings is 1. The summed E-state index contributed by atoms with van der Waals surface area (Å²) in [5, 5.41) is 0. The summed E-state index contributed by atoms with van der Waals surface area (Å²) in [6, 6.07) is 1.66. The highest BCUT2D eigenvalue weighted by Crippen LogP contribution is 2.30. The fourth-order valence-corrected chi connectivity index (χ4v) is 2.03. The van der Waals surface area contributed by atoms with Crippen LogP contribution in [0.3, 0.4) is 0 Å². The third-order valence-corrected chi connectivity index (χ3v) is 2.98. The minimum atomic E-state index is -4.68. The molecule has 2 rings (SSSR count). The number of nitrogens with two attached hydrogens (primary N) is 1. The van der Waals surface area contributed by atoms with E-state index in [2.05, 4.69) is 0 Å². The van der Waals surface area contributed by atoms with Gasteiger partial charge in [-0.25, -0.2) is 4.39 Å². The molecular formula is C12H12F4N2O. The van der Waals surface area contributed by atoms with Gasteiger partial charge in [0.05, 0.1) is 5.56 Å². The van der Waals surface area contributed by atoms with Crippen LogP contribution in [0.4, 0.5) is 17.6 Å². The maximum Gasteiger partial charge on any atom is 0.416 e. The maximum atomic E-state index is 13.2. The standard InChI is InChI=1S/C12H12F4N2O/c13-9-4-7(3-8(5-9)12(14,15)16)11(19)18-2-1-10(17)6-18/h3-5,10H,1-2,6,17H2. The number of likely N-dealkylation sites (tertiary alicyclic amines) is 1. The number of amides is 1. The number of carbonyl (C=O) groups excluding carboxylic acids is 1. The van der Waals surface area contributed by atoms with E-state index >= 15 is 0 Å². The molecule has 0 aliphatic carbocycles. The fraction of sp³-hybridized carbons (Fsp3) is 0.417. The van der Waals surface area contributed by atoms with Crippen molar-refractivity contribution in [2.45, 2.75) is 18.6 Å². The molecule has 3 nitrogen and oxygen atoms in total. The number of hydrogen-bond donors (Lipinski definition) is 1. The topological polar surface area (TPSA) is 46.3 Å². The molecule has 0 radical (unpaired) electrons. The van der Waals surface area contributed by atoms with E-state index in [0.29, 0.717) is 25.1 Å². The molecule has 1 fully saturated rings. The van der Waals surface area contributed by atoms with E-state index in [1.807, 2.05) is 0 Å². The lowest BCUT2D eigenvalue weighted by Gasteiger charge is -2.17. The number of nitrogens with zero attached hydrogens (tertiary/aromatic N) is 1. The molecule has 1 amide bonds. The molecule has 0 saturated carbocycles. The predicted octanol–water partition coefficient (Wildman–Crippen LogP) is 2.02. The third kappa shape index (κ3) is 3.04. The highest BCUT2D eigenvalue weighted by atomic mass is 19.4. The second kappa shape index (κ2) is 4.80. The van der Waals surface area contributed by atoms with Gasteiger partial charge in [0.25, 0.3) is 5.91 Å². The van der Waals surface area contributed by atoms with Gasteiger partial charge in [0.1, 0.15) is 5.82 Å². The summed E-state index contributed by atoms with van der Waals surface area (Å²) in [6.45, 7) is 0.647. The smallest absolute Gasteiger partial charge is 0.337 e. The first-order chi connectivity index (χ1) is 8.77. The Balaban J connectivity index is 2.29. The van der Waals surface area contributed by atoms with Crippen molar-refractivity contribution in [1.82, 2.24) is 4.90 Å². The highest BCUT2D eigenvalue weighted by molar-refractivity contribution is 5.94. The van der Waals surface area contributed by atoms with E-state index in [0.717, 1.165) is 6.07 Å². The third-order valence-electron chi connectivity index (χ3n) is 2.98. The van der Waals surface area contributed by atoms with Gasteiger partial charge in [0, 0.05) is 24.7 Å². The first-order valence-electron chi connectivity index (χ1n) is 5.70. The van der Waals surface area contributed by atoms with E-state index in [1.165, 1.54) is 4.90 Å². The molecule has 19 heavy (non-hydrogen) atoms. The van der Waals surface area contributed by atoms with Crippen molar-refractivity contribution in [3.63, 3.8) is 0 Å². The normalized spacial score (nSPS) is 19.8. The fourth-order valence-electron chi connectivity index (χ4n) is 2.03. The summed E-state index contributed by atoms with van der Waals surface area (Å²) in [7, 11) is 0. The lowest BCUT2D eigenvalue weighted by Crippen LogP contribution is -2.32. The summed E-state index contributed by atoms with van der Waals surface area (Å²) in [6.07, 6.45) is -4.09. The molecular weight excluding hydrogens is 264 g/mol. The van der Waals surface area contributed by atoms with Gasteiger partial charge in [-0.15, -0.1) is 0 Å². The van der Waals surface area contributed by atoms with Gasteiger partial charge >= 0.3 is 6.18 Å². The van der Waals surface area contributed by atoms with E-state index in [4.69, 9.17) is 5.73 Å². The molecule has 1 saturated heterocycles. The summed E-state index contributed by atoms with van der Waals surface area (Å²) >= 11 is 0. The lowest BCUT2D eigenvalue weighted by atomic mass is 10.1. The van der Waals surface area contributed by atoms with Crippen LogP contribution in [-0.4, -0.2) is 29.9 Å². The van der Waals surface area contributed by atoms with Gasteiger partial charge in [-0.1, -0.05) is 0 Å². The van der Waals surface area contributed by atoms with Gasteiger partial charge in [-0.3, -0.25) is 4.79 Å². The van der Waals surface area contributed by atoms with Gasteiger partial charge in [-0.2, -0.15) is 13.2 Å². The number of carbonyl (C=O) groups is 1. The van der Waals surface area contributed by atoms with E-state index < -0.39 is 23.5 Å². The summed E-state index contributed by atoms with van der Waals surface area (Å²) < 4.78 is 50.8. The quantitative estimate of drug-likeness (QED) is 0.798. The molecule has 1 atom stereocenters. The number of rotatable bonds is 1. The minimum Gasteiger partial charge on any atom is -0.337 e. The Bertz CT molecular complexity index is 501. The molecule has 1 aliphatic rings. The van der Waals surface area contributed by atoms with Crippen molar-refractivity contribution >= 4 is 5.91 Å². The van der Waals surface area contributed by atoms with Gasteiger partial charge < -0.3 is 10.6 Å². The number of hydrogen-bond acceptors (Lipinski definition) is 2. The Morgan fingerprint density at radius 2 is 2.00 bits per heavy atom. The van der Waals surface area contributed by atoms with Gasteiger partial charge in [0.15, 0.2) is 0 Å². The summed E-state index contributed by atoms with van der Waals surface area (Å²) in [5.41, 5.74) is 4.15. The maximum absolute atomic E-state index is 13.2. The molecule has 104 valence electrons. The molecule has 1 aliphatic heterocycles. The first kappa shape index (κ1) is 13.8. The Morgan fingerprint density at radius 3 is 2.53 bits per heavy atom. The average Bonchev–Trinajstić information content (AvgIpc) is 2.73. The van der Waals surface area contributed by atoms with Crippen molar-refractivity contribution in [3.05, 3.63) is 35.1 Å². The van der Waals surface area contributed by atoms with Crippen LogP contribution < -0.4 is 5.73 Å². The molecule has 0 aromatic heterocycles. The first-order valence-corrected chi connectivity index (χ1v) is 5.70. The van der Waals surface area contributed by atoms with Crippen LogP contribution in [0.15, 0.2) is 18.2 Å². The Labute approximate surface area is 107 Å². The van der Waals surface area contributed by atoms with Crippen LogP contribution in [0.1, 0.15) is 22.3 Å². The average molecular weight is 276 g/mol. The van der Waals surface area contributed by atoms with Crippen LogP contribution >= 0.6 is 0 Å². The van der Waals surface area contributed by atoms with Crippen molar-refractivity contribution in [1.29, 1.82) is 0 Å². The second-order valence-electron chi connectivity index (χ2n) is 4.53. The molecule has 0 spiro atoms. The Kier molecular flexibility index (Phi) is 3.49. The van der Waals surface area contributed by atoms with Crippen LogP contribution in [0.25, 0.3) is 0 Å². The van der Waals surface area contributed by atoms with E-state index in [1.54, 1.807) is 0 Å². The van der Waals surface area contributed by atoms with Crippen LogP contribution in [0.5, 0.6) is 0 Å². The predicted molar refractivity (Wildman–Crippen MR) is 59.9 cm³/mol. The van der Waals surface area contributed by atoms with Crippen molar-refractivity contribution < 1.29 is 22.4 Å². The zero-order valence-corrected chi connectivity index (χ0v) is 9.88. The number of halogens is 4. The van der Waals surface area contributed by atoms with Crippen molar-refractivity contribution in [2.75, 3.05) is 13.1 Å². The minimum absolute atomic E-state index is 0.181. The largest absolute Gasteiger partial charge is 0.416 e. The molecule has 0 bridgehead atoms. The second-order valence-corrected chi connectivity index (χ2v) is 4.53. The summed E-state index contributed by atoms with van der Waals surface area (Å²) in [4.78, 5) is 13.3. The van der Waals surface area contributed by atoms with Crippen molar-refractivity contribution in [3.8, 4) is 0 Å². The Morgan fingerprint density at radius 1 is 1.32 bits per heavy atom. The molecule has 1 aromatic rings. The van der Waals surface area contributed by atoms with Gasteiger partial charge in [0.2, 0.25) is 0 Å². The van der Waals surface area contributed by atoms with Gasteiger partial charge in [-0.05, 0) is 24.6 Å². The zero-order chi connectivity index (χ0) is 14.2. The van der Waals surface area contributed by atoms with Crippen LogP contribution in [0.2, 0.25) is 0 Å². The molecule has 1 unspecified atom stereocenters. The monoisotopic (exact) mass is 276 g/mol. The molecule has 1 heterocycles. The lowest BCUT2D eigenvalue weighted by molar-refractivity contribution is -0.137. The van der Waals surface area contributed by atoms with Crippen molar-refractivity contribution in [2.24, 2.45) is 5.73 Å². The SMILES string of the molecule is NC1CCN(C(=O)c2cc(F)cc(C(F)(F)F)c2)C1. The molecule has 1 aromatic carbocycles. The van der Waals surface area contributed by atoms with Crippen LogP contribution in [0, 0.1) is 5.82 Å². The zero-order valence-electron chi connectivity index (χ0n) is 9.88. The Hall–Kier alpha value is -1.63. The molecule has 7 heteroatoms. The number of alkyl halides is 3. The van der Waals surface area contributed by atoms with Crippen LogP contribution in [-0.2, 0) is 6.18 Å². The van der Waals surface area contributed by atoms with E-state index in [9.17, 15) is 22.4 Å². The van der Waals surface area contributed by atoms with E-state index in [-0.39, 0.29) is 18.2 Å². The highest BCUT2D eigenvalue weighted by Gasteiger charge is 2.33. The molecule has 2 N–H and O–H groups in total.